The third kappa shape index (κ3) is 4.24. The first-order valence-corrected chi connectivity index (χ1v) is 9.98. The molecule has 1 atom stereocenters. The van der Waals surface area contributed by atoms with E-state index in [1.54, 1.807) is 4.57 Å². The van der Waals surface area contributed by atoms with Crippen molar-refractivity contribution in [3.63, 3.8) is 0 Å². The monoisotopic (exact) mass is 391 g/mol. The highest BCUT2D eigenvalue weighted by Crippen LogP contribution is 2.27. The number of carbonyl (C=O) groups is 1. The second kappa shape index (κ2) is 7.82. The van der Waals surface area contributed by atoms with Gasteiger partial charge in [0.1, 0.15) is 5.82 Å². The minimum Gasteiger partial charge on any atom is -0.369 e. The maximum Gasteiger partial charge on any atom is 0.261 e. The molecule has 3 aromatic rings. The summed E-state index contributed by atoms with van der Waals surface area (Å²) in [6, 6.07) is 15.5. The molecule has 152 valence electrons. The molecule has 0 spiro atoms. The van der Waals surface area contributed by atoms with Gasteiger partial charge in [-0.05, 0) is 34.6 Å². The molecule has 0 aliphatic heterocycles. The van der Waals surface area contributed by atoms with E-state index in [-0.39, 0.29) is 16.9 Å². The number of carbonyl (C=O) groups excluding carboxylic acids is 1. The van der Waals surface area contributed by atoms with Crippen LogP contribution in [0.5, 0.6) is 0 Å². The Labute approximate surface area is 171 Å². The minimum atomic E-state index is -0.644. The van der Waals surface area contributed by atoms with Gasteiger partial charge in [-0.25, -0.2) is 4.98 Å². The number of amides is 1. The number of nitrogens with two attached hydrogens (primary N) is 1. The van der Waals surface area contributed by atoms with Crippen LogP contribution in [0.25, 0.3) is 10.9 Å². The molecule has 0 saturated carbocycles. The van der Waals surface area contributed by atoms with Crippen molar-refractivity contribution >= 4 is 16.8 Å². The fraction of sp³-hybridized carbons (Fsp3) is 0.375. The van der Waals surface area contributed by atoms with Crippen LogP contribution in [0, 0.1) is 5.92 Å². The zero-order chi connectivity index (χ0) is 21.3. The normalized spacial score (nSPS) is 13.0. The Hall–Kier alpha value is -2.95. The van der Waals surface area contributed by atoms with Crippen molar-refractivity contribution in [3.8, 4) is 0 Å². The van der Waals surface area contributed by atoms with E-state index in [4.69, 9.17) is 10.7 Å². The molecule has 0 fully saturated rings. The Kier molecular flexibility index (Phi) is 5.60. The van der Waals surface area contributed by atoms with Gasteiger partial charge in [-0.2, -0.15) is 0 Å². The van der Waals surface area contributed by atoms with Crippen molar-refractivity contribution in [2.45, 2.75) is 52.5 Å². The van der Waals surface area contributed by atoms with Gasteiger partial charge in [-0.3, -0.25) is 14.2 Å². The SMILES string of the molecule is CC(C)C(C(N)=O)c1nc2cc(C(C)(C)C)ccc2c(=O)n1Cc1ccccc1. The predicted molar refractivity (Wildman–Crippen MR) is 117 cm³/mol. The summed E-state index contributed by atoms with van der Waals surface area (Å²) >= 11 is 0. The number of benzene rings is 2. The molecular formula is C24H29N3O2. The number of hydrogen-bond donors (Lipinski definition) is 1. The highest BCUT2D eigenvalue weighted by Gasteiger charge is 2.28. The molecule has 0 aliphatic carbocycles. The minimum absolute atomic E-state index is 0.0733. The number of fused-ring (bicyclic) bond motifs is 1. The molecule has 1 heterocycles. The van der Waals surface area contributed by atoms with Gasteiger partial charge in [0.25, 0.3) is 5.56 Å². The first-order valence-electron chi connectivity index (χ1n) is 9.98. The number of primary amides is 1. The molecule has 29 heavy (non-hydrogen) atoms. The summed E-state index contributed by atoms with van der Waals surface area (Å²) in [6.07, 6.45) is 0. The molecule has 0 saturated heterocycles. The van der Waals surface area contributed by atoms with Gasteiger partial charge in [-0.1, -0.05) is 71.0 Å². The maximum absolute atomic E-state index is 13.4. The highest BCUT2D eigenvalue weighted by atomic mass is 16.1. The third-order valence-corrected chi connectivity index (χ3v) is 5.29. The van der Waals surface area contributed by atoms with Crippen LogP contribution < -0.4 is 11.3 Å². The molecule has 5 heteroatoms. The Bertz CT molecular complexity index is 1090. The fourth-order valence-electron chi connectivity index (χ4n) is 3.61. The second-order valence-corrected chi connectivity index (χ2v) is 8.95. The summed E-state index contributed by atoms with van der Waals surface area (Å²) in [4.78, 5) is 30.5. The Balaban J connectivity index is 2.31. The zero-order valence-electron chi connectivity index (χ0n) is 17.8. The average molecular weight is 392 g/mol. The number of rotatable bonds is 5. The first kappa shape index (κ1) is 20.8. The summed E-state index contributed by atoms with van der Waals surface area (Å²) in [7, 11) is 0. The molecule has 1 amide bonds. The summed E-state index contributed by atoms with van der Waals surface area (Å²) in [6.45, 7) is 10.5. The summed E-state index contributed by atoms with van der Waals surface area (Å²) in [5, 5.41) is 0.546. The largest absolute Gasteiger partial charge is 0.369 e. The molecular weight excluding hydrogens is 362 g/mol. The van der Waals surface area contributed by atoms with Crippen LogP contribution in [0.2, 0.25) is 0 Å². The van der Waals surface area contributed by atoms with Gasteiger partial charge in [0, 0.05) is 0 Å². The molecule has 0 aliphatic rings. The van der Waals surface area contributed by atoms with Crippen molar-refractivity contribution in [1.29, 1.82) is 0 Å². The van der Waals surface area contributed by atoms with Gasteiger partial charge in [0.05, 0.1) is 23.4 Å². The lowest BCUT2D eigenvalue weighted by Crippen LogP contribution is -2.34. The van der Waals surface area contributed by atoms with E-state index in [1.807, 2.05) is 62.4 Å². The number of aromatic nitrogens is 2. The van der Waals surface area contributed by atoms with Crippen molar-refractivity contribution in [2.24, 2.45) is 11.7 Å². The van der Waals surface area contributed by atoms with Crippen LogP contribution in [-0.2, 0) is 16.8 Å². The molecule has 3 rings (SSSR count). The number of nitrogens with zero attached hydrogens (tertiary/aromatic N) is 2. The van der Waals surface area contributed by atoms with Crippen molar-refractivity contribution in [1.82, 2.24) is 9.55 Å². The van der Waals surface area contributed by atoms with E-state index < -0.39 is 11.8 Å². The fourth-order valence-corrected chi connectivity index (χ4v) is 3.61. The van der Waals surface area contributed by atoms with E-state index in [2.05, 4.69) is 20.8 Å². The molecule has 1 aromatic heterocycles. The molecule has 1 unspecified atom stereocenters. The van der Waals surface area contributed by atoms with Gasteiger partial charge in [0.2, 0.25) is 5.91 Å². The van der Waals surface area contributed by atoms with E-state index in [9.17, 15) is 9.59 Å². The third-order valence-electron chi connectivity index (χ3n) is 5.29. The van der Waals surface area contributed by atoms with Gasteiger partial charge >= 0.3 is 0 Å². The zero-order valence-corrected chi connectivity index (χ0v) is 17.8. The van der Waals surface area contributed by atoms with Crippen LogP contribution in [0.4, 0.5) is 0 Å². The lowest BCUT2D eigenvalue weighted by molar-refractivity contribution is -0.120. The molecule has 2 aromatic carbocycles. The maximum atomic E-state index is 13.4. The number of hydrogen-bond acceptors (Lipinski definition) is 3. The smallest absolute Gasteiger partial charge is 0.261 e. The Morgan fingerprint density at radius 2 is 1.76 bits per heavy atom. The van der Waals surface area contributed by atoms with Crippen LogP contribution in [0.3, 0.4) is 0 Å². The first-order chi connectivity index (χ1) is 13.6. The van der Waals surface area contributed by atoms with E-state index >= 15 is 0 Å². The van der Waals surface area contributed by atoms with Crippen molar-refractivity contribution in [3.05, 3.63) is 75.8 Å². The summed E-state index contributed by atoms with van der Waals surface area (Å²) in [5.41, 5.74) is 8.17. The second-order valence-electron chi connectivity index (χ2n) is 8.95. The molecule has 2 N–H and O–H groups in total. The Morgan fingerprint density at radius 1 is 1.10 bits per heavy atom. The van der Waals surface area contributed by atoms with Crippen LogP contribution in [-0.4, -0.2) is 15.5 Å². The Morgan fingerprint density at radius 3 is 2.31 bits per heavy atom. The summed E-state index contributed by atoms with van der Waals surface area (Å²) in [5.74, 6) is -0.765. The van der Waals surface area contributed by atoms with Gasteiger partial charge in [0.15, 0.2) is 0 Å². The van der Waals surface area contributed by atoms with Crippen LogP contribution in [0.15, 0.2) is 53.3 Å². The summed E-state index contributed by atoms with van der Waals surface area (Å²) < 4.78 is 1.60. The quantitative estimate of drug-likeness (QED) is 0.715. The van der Waals surface area contributed by atoms with E-state index in [0.29, 0.717) is 23.3 Å². The van der Waals surface area contributed by atoms with Gasteiger partial charge in [-0.15, -0.1) is 0 Å². The van der Waals surface area contributed by atoms with Crippen molar-refractivity contribution in [2.75, 3.05) is 0 Å². The average Bonchev–Trinajstić information content (AvgIpc) is 2.64. The van der Waals surface area contributed by atoms with Crippen LogP contribution in [0.1, 0.15) is 57.5 Å². The lowest BCUT2D eigenvalue weighted by atomic mass is 9.86. The van der Waals surface area contributed by atoms with E-state index in [0.717, 1.165) is 11.1 Å². The topological polar surface area (TPSA) is 78.0 Å². The standard InChI is InChI=1S/C24H29N3O2/c1-15(2)20(21(25)28)22-26-19-13-17(24(3,4)5)11-12-18(19)23(29)27(22)14-16-9-7-6-8-10-16/h6-13,15,20H,14H2,1-5H3,(H2,25,28). The predicted octanol–water partition coefficient (Wildman–Crippen LogP) is 3.97. The molecule has 5 nitrogen and oxygen atoms in total. The highest BCUT2D eigenvalue weighted by molar-refractivity contribution is 5.83. The van der Waals surface area contributed by atoms with E-state index in [1.165, 1.54) is 0 Å². The van der Waals surface area contributed by atoms with Crippen LogP contribution >= 0.6 is 0 Å². The lowest BCUT2D eigenvalue weighted by Gasteiger charge is -2.23. The molecule has 0 bridgehead atoms. The van der Waals surface area contributed by atoms with Crippen molar-refractivity contribution < 1.29 is 4.79 Å². The van der Waals surface area contributed by atoms with Gasteiger partial charge < -0.3 is 5.73 Å². The molecule has 0 radical (unpaired) electrons.